The van der Waals surface area contributed by atoms with Crippen molar-refractivity contribution in [1.82, 2.24) is 9.55 Å². The lowest BCUT2D eigenvalue weighted by atomic mass is 10.1. The van der Waals surface area contributed by atoms with E-state index >= 15 is 0 Å². The summed E-state index contributed by atoms with van der Waals surface area (Å²) in [4.78, 5) is 4.58. The normalized spacial score (nSPS) is 10.8. The van der Waals surface area contributed by atoms with Gasteiger partial charge in [-0.3, -0.25) is 0 Å². The first-order chi connectivity index (χ1) is 8.72. The van der Waals surface area contributed by atoms with Crippen LogP contribution >= 0.6 is 0 Å². The van der Waals surface area contributed by atoms with Gasteiger partial charge < -0.3 is 10.3 Å². The SMILES string of the molecule is CCCn1c(C)nc(CCc2ccccc2)c1N. The molecule has 96 valence electrons. The number of nitrogens with two attached hydrogens (primary N) is 1. The number of benzene rings is 1. The monoisotopic (exact) mass is 243 g/mol. The third-order valence-corrected chi connectivity index (χ3v) is 3.21. The van der Waals surface area contributed by atoms with Crippen LogP contribution in [0.5, 0.6) is 0 Å². The summed E-state index contributed by atoms with van der Waals surface area (Å²) < 4.78 is 2.11. The predicted octanol–water partition coefficient (Wildman–Crippen LogP) is 2.97. The number of hydrogen-bond acceptors (Lipinski definition) is 2. The van der Waals surface area contributed by atoms with Crippen molar-refractivity contribution >= 4 is 5.82 Å². The first-order valence-electron chi connectivity index (χ1n) is 6.57. The number of nitrogen functional groups attached to an aromatic ring is 1. The van der Waals surface area contributed by atoms with Gasteiger partial charge in [-0.1, -0.05) is 37.3 Å². The summed E-state index contributed by atoms with van der Waals surface area (Å²) in [5.41, 5.74) is 8.52. The van der Waals surface area contributed by atoms with Gasteiger partial charge >= 0.3 is 0 Å². The fraction of sp³-hybridized carbons (Fsp3) is 0.400. The van der Waals surface area contributed by atoms with Crippen LogP contribution in [-0.4, -0.2) is 9.55 Å². The van der Waals surface area contributed by atoms with Gasteiger partial charge in [-0.25, -0.2) is 4.98 Å². The molecule has 0 aliphatic heterocycles. The molecule has 3 nitrogen and oxygen atoms in total. The fourth-order valence-corrected chi connectivity index (χ4v) is 2.24. The van der Waals surface area contributed by atoms with Crippen molar-refractivity contribution in [3.8, 4) is 0 Å². The number of hydrogen-bond donors (Lipinski definition) is 1. The van der Waals surface area contributed by atoms with Gasteiger partial charge in [0, 0.05) is 6.54 Å². The van der Waals surface area contributed by atoms with E-state index in [0.29, 0.717) is 0 Å². The zero-order chi connectivity index (χ0) is 13.0. The van der Waals surface area contributed by atoms with E-state index < -0.39 is 0 Å². The minimum Gasteiger partial charge on any atom is -0.384 e. The van der Waals surface area contributed by atoms with Gasteiger partial charge in [-0.05, 0) is 31.7 Å². The zero-order valence-electron chi connectivity index (χ0n) is 11.2. The molecule has 1 aromatic heterocycles. The Morgan fingerprint density at radius 3 is 2.56 bits per heavy atom. The van der Waals surface area contributed by atoms with Gasteiger partial charge in [0.25, 0.3) is 0 Å². The van der Waals surface area contributed by atoms with Crippen LogP contribution in [0, 0.1) is 6.92 Å². The molecule has 0 bridgehead atoms. The van der Waals surface area contributed by atoms with Gasteiger partial charge in [0.2, 0.25) is 0 Å². The molecule has 0 atom stereocenters. The highest BCUT2D eigenvalue weighted by Gasteiger charge is 2.10. The Kier molecular flexibility index (Phi) is 4.03. The van der Waals surface area contributed by atoms with E-state index in [1.807, 2.05) is 13.0 Å². The van der Waals surface area contributed by atoms with E-state index in [1.54, 1.807) is 0 Å². The predicted molar refractivity (Wildman–Crippen MR) is 75.5 cm³/mol. The van der Waals surface area contributed by atoms with Crippen LogP contribution in [0.15, 0.2) is 30.3 Å². The van der Waals surface area contributed by atoms with Crippen molar-refractivity contribution in [2.45, 2.75) is 39.7 Å². The van der Waals surface area contributed by atoms with Crippen molar-refractivity contribution in [2.75, 3.05) is 5.73 Å². The topological polar surface area (TPSA) is 43.8 Å². The Morgan fingerprint density at radius 1 is 1.17 bits per heavy atom. The maximum Gasteiger partial charge on any atom is 0.126 e. The number of nitrogens with zero attached hydrogens (tertiary/aromatic N) is 2. The second-order valence-corrected chi connectivity index (χ2v) is 4.63. The first-order valence-corrected chi connectivity index (χ1v) is 6.57. The number of anilines is 1. The van der Waals surface area contributed by atoms with Crippen LogP contribution in [0.1, 0.15) is 30.4 Å². The molecule has 0 fully saturated rings. The molecule has 0 aliphatic carbocycles. The van der Waals surface area contributed by atoms with Gasteiger partial charge in [-0.15, -0.1) is 0 Å². The van der Waals surface area contributed by atoms with Crippen molar-refractivity contribution in [1.29, 1.82) is 0 Å². The molecule has 1 aromatic carbocycles. The maximum atomic E-state index is 6.15. The highest BCUT2D eigenvalue weighted by molar-refractivity contribution is 5.38. The van der Waals surface area contributed by atoms with Gasteiger partial charge in [0.05, 0.1) is 5.69 Å². The molecule has 0 aliphatic rings. The lowest BCUT2D eigenvalue weighted by Crippen LogP contribution is -2.05. The molecule has 2 N–H and O–H groups in total. The second-order valence-electron chi connectivity index (χ2n) is 4.63. The van der Waals surface area contributed by atoms with Crippen molar-refractivity contribution in [2.24, 2.45) is 0 Å². The summed E-state index contributed by atoms with van der Waals surface area (Å²) >= 11 is 0. The molecule has 2 aromatic rings. The van der Waals surface area contributed by atoms with E-state index in [4.69, 9.17) is 5.73 Å². The molecule has 0 saturated carbocycles. The Balaban J connectivity index is 2.08. The number of rotatable bonds is 5. The molecule has 18 heavy (non-hydrogen) atoms. The number of aromatic nitrogens is 2. The van der Waals surface area contributed by atoms with Gasteiger partial charge in [0.1, 0.15) is 11.6 Å². The van der Waals surface area contributed by atoms with Crippen LogP contribution < -0.4 is 5.73 Å². The smallest absolute Gasteiger partial charge is 0.126 e. The van der Waals surface area contributed by atoms with E-state index in [-0.39, 0.29) is 0 Å². The quantitative estimate of drug-likeness (QED) is 0.877. The summed E-state index contributed by atoms with van der Waals surface area (Å²) in [6.45, 7) is 5.14. The van der Waals surface area contributed by atoms with E-state index in [0.717, 1.165) is 43.1 Å². The molecular formula is C15H21N3. The molecule has 0 amide bonds. The molecule has 0 saturated heterocycles. The zero-order valence-corrected chi connectivity index (χ0v) is 11.2. The highest BCUT2D eigenvalue weighted by atomic mass is 15.1. The maximum absolute atomic E-state index is 6.15. The fourth-order valence-electron chi connectivity index (χ4n) is 2.24. The Hall–Kier alpha value is -1.77. The third-order valence-electron chi connectivity index (χ3n) is 3.21. The molecule has 2 rings (SSSR count). The van der Waals surface area contributed by atoms with Crippen LogP contribution in [0.2, 0.25) is 0 Å². The average molecular weight is 243 g/mol. The lowest BCUT2D eigenvalue weighted by molar-refractivity contribution is 0.665. The summed E-state index contributed by atoms with van der Waals surface area (Å²) in [7, 11) is 0. The summed E-state index contributed by atoms with van der Waals surface area (Å²) in [5, 5.41) is 0. The Labute approximate surface area is 109 Å². The van der Waals surface area contributed by atoms with Gasteiger partial charge in [-0.2, -0.15) is 0 Å². The molecule has 0 spiro atoms. The van der Waals surface area contributed by atoms with Crippen LogP contribution in [0.25, 0.3) is 0 Å². The van der Waals surface area contributed by atoms with Crippen LogP contribution in [0.4, 0.5) is 5.82 Å². The van der Waals surface area contributed by atoms with E-state index in [9.17, 15) is 0 Å². The molecule has 1 heterocycles. The summed E-state index contributed by atoms with van der Waals surface area (Å²) in [6, 6.07) is 10.5. The second kappa shape index (κ2) is 5.71. The number of imidazole rings is 1. The summed E-state index contributed by atoms with van der Waals surface area (Å²) in [6.07, 6.45) is 2.99. The van der Waals surface area contributed by atoms with Crippen molar-refractivity contribution in [3.63, 3.8) is 0 Å². The Morgan fingerprint density at radius 2 is 1.89 bits per heavy atom. The minimum absolute atomic E-state index is 0.838. The third kappa shape index (κ3) is 2.73. The van der Waals surface area contributed by atoms with Crippen molar-refractivity contribution < 1.29 is 0 Å². The largest absolute Gasteiger partial charge is 0.384 e. The highest BCUT2D eigenvalue weighted by Crippen LogP contribution is 2.17. The molecule has 0 unspecified atom stereocenters. The average Bonchev–Trinajstić information content (AvgIpc) is 2.66. The van der Waals surface area contributed by atoms with Crippen LogP contribution in [0.3, 0.4) is 0 Å². The van der Waals surface area contributed by atoms with E-state index in [2.05, 4.69) is 40.7 Å². The van der Waals surface area contributed by atoms with Crippen molar-refractivity contribution in [3.05, 3.63) is 47.4 Å². The first kappa shape index (κ1) is 12.7. The summed E-state index contributed by atoms with van der Waals surface area (Å²) in [5.74, 6) is 1.86. The van der Waals surface area contributed by atoms with Crippen LogP contribution in [-0.2, 0) is 19.4 Å². The minimum atomic E-state index is 0.838. The molecule has 0 radical (unpaired) electrons. The molecular weight excluding hydrogens is 222 g/mol. The standard InChI is InChI=1S/C15H21N3/c1-3-11-18-12(2)17-14(15(18)16)10-9-13-7-5-4-6-8-13/h4-8H,3,9-11,16H2,1-2H3. The Bertz CT molecular complexity index is 500. The van der Waals surface area contributed by atoms with Gasteiger partial charge in [0.15, 0.2) is 0 Å². The van der Waals surface area contributed by atoms with E-state index in [1.165, 1.54) is 5.56 Å². The molecule has 3 heteroatoms. The lowest BCUT2D eigenvalue weighted by Gasteiger charge is -2.05. The number of aryl methyl sites for hydroxylation is 3.